The molecule has 0 saturated carbocycles. The lowest BCUT2D eigenvalue weighted by Crippen LogP contribution is -3.00. The largest absolute Gasteiger partial charge is 1.00 e. The molecule has 0 unspecified atom stereocenters. The number of rotatable bonds is 5. The number of oxime groups is 1. The summed E-state index contributed by atoms with van der Waals surface area (Å²) in [5.41, 5.74) is 0.966. The number of quaternary nitrogens is 1. The molecule has 80 valence electrons. The highest BCUT2D eigenvalue weighted by Crippen LogP contribution is 2.01. The predicted octanol–water partition coefficient (Wildman–Crippen LogP) is -1.15. The van der Waals surface area contributed by atoms with Gasteiger partial charge in [-0.2, -0.15) is 0 Å². The van der Waals surface area contributed by atoms with E-state index in [1.165, 1.54) is 0 Å². The molecule has 0 heterocycles. The van der Waals surface area contributed by atoms with Crippen LogP contribution in [0.5, 0.6) is 0 Å². The van der Waals surface area contributed by atoms with Crippen molar-refractivity contribution >= 4 is 5.71 Å². The van der Waals surface area contributed by atoms with Crippen molar-refractivity contribution in [2.75, 3.05) is 26.9 Å². The van der Waals surface area contributed by atoms with Crippen LogP contribution in [0.3, 0.4) is 0 Å². The molecule has 0 bridgehead atoms. The van der Waals surface area contributed by atoms with Gasteiger partial charge in [-0.05, 0) is 27.7 Å². The Morgan fingerprint density at radius 1 is 1.23 bits per heavy atom. The number of halogens is 1. The van der Waals surface area contributed by atoms with Crippen LogP contribution in [-0.2, 0) is 4.84 Å². The van der Waals surface area contributed by atoms with Gasteiger partial charge in [0.25, 0.3) is 0 Å². The lowest BCUT2D eigenvalue weighted by atomic mass is 10.5. The van der Waals surface area contributed by atoms with Crippen LogP contribution >= 0.6 is 0 Å². The van der Waals surface area contributed by atoms with E-state index in [1.54, 1.807) is 0 Å². The highest BCUT2D eigenvalue weighted by atomic mass is 127. The van der Waals surface area contributed by atoms with Gasteiger partial charge < -0.3 is 28.8 Å². The molecule has 0 aromatic rings. The fourth-order valence-corrected chi connectivity index (χ4v) is 0.704. The van der Waals surface area contributed by atoms with Crippen molar-refractivity contribution in [3.63, 3.8) is 0 Å². The summed E-state index contributed by atoms with van der Waals surface area (Å²) >= 11 is 0. The maximum atomic E-state index is 5.20. The first-order valence-corrected chi connectivity index (χ1v) is 4.50. The van der Waals surface area contributed by atoms with Gasteiger partial charge in [0.05, 0.1) is 25.8 Å². The van der Waals surface area contributed by atoms with Crippen molar-refractivity contribution in [2.24, 2.45) is 5.16 Å². The minimum Gasteiger partial charge on any atom is -1.00 e. The van der Waals surface area contributed by atoms with Crippen LogP contribution in [0.4, 0.5) is 0 Å². The summed E-state index contributed by atoms with van der Waals surface area (Å²) in [6.07, 6.45) is 0. The molecule has 0 atom stereocenters. The highest BCUT2D eigenvalue weighted by Gasteiger charge is 2.16. The van der Waals surface area contributed by atoms with Crippen molar-refractivity contribution in [2.45, 2.75) is 27.7 Å². The average Bonchev–Trinajstić information content (AvgIpc) is 2.03. The van der Waals surface area contributed by atoms with Gasteiger partial charge in [0, 0.05) is 0 Å². The Balaban J connectivity index is 0. The predicted molar refractivity (Wildman–Crippen MR) is 52.0 cm³/mol. The molecule has 0 rings (SSSR count). The van der Waals surface area contributed by atoms with Crippen LogP contribution in [0, 0.1) is 0 Å². The molecule has 0 amide bonds. The quantitative estimate of drug-likeness (QED) is 0.206. The Labute approximate surface area is 98.7 Å². The lowest BCUT2D eigenvalue weighted by Gasteiger charge is -2.29. The zero-order valence-corrected chi connectivity index (χ0v) is 11.5. The Kier molecular flexibility index (Phi) is 9.08. The van der Waals surface area contributed by atoms with E-state index in [9.17, 15) is 0 Å². The van der Waals surface area contributed by atoms with E-state index in [4.69, 9.17) is 4.84 Å². The first-order valence-electron chi connectivity index (χ1n) is 4.50. The van der Waals surface area contributed by atoms with Crippen LogP contribution in [0.15, 0.2) is 5.16 Å². The van der Waals surface area contributed by atoms with Gasteiger partial charge in [0.1, 0.15) is 0 Å². The molecule has 0 fully saturated rings. The van der Waals surface area contributed by atoms with Crippen LogP contribution in [0.25, 0.3) is 0 Å². The van der Waals surface area contributed by atoms with E-state index in [1.807, 2.05) is 13.8 Å². The van der Waals surface area contributed by atoms with Gasteiger partial charge >= 0.3 is 0 Å². The summed E-state index contributed by atoms with van der Waals surface area (Å²) in [6.45, 7) is 11.0. The van der Waals surface area contributed by atoms with E-state index in [2.05, 4.69) is 26.1 Å². The lowest BCUT2D eigenvalue weighted by molar-refractivity contribution is -0.925. The molecule has 0 aliphatic carbocycles. The normalized spacial score (nSPS) is 10.2. The van der Waals surface area contributed by atoms with Crippen molar-refractivity contribution in [1.82, 2.24) is 0 Å². The molecule has 13 heavy (non-hydrogen) atoms. The number of hydrogen-bond acceptors (Lipinski definition) is 2. The third kappa shape index (κ3) is 7.25. The Morgan fingerprint density at radius 3 is 2.00 bits per heavy atom. The first-order chi connectivity index (χ1) is 5.54. The molecule has 0 aliphatic rings. The molecule has 0 aromatic carbocycles. The van der Waals surface area contributed by atoms with E-state index in [0.717, 1.165) is 23.3 Å². The summed E-state index contributed by atoms with van der Waals surface area (Å²) in [4.78, 5) is 5.20. The monoisotopic (exact) mass is 300 g/mol. The SMILES string of the molecule is CC[N+](C)(CC)CON=C(C)C.[I-]. The minimum atomic E-state index is 0. The second kappa shape index (κ2) is 7.55. The minimum absolute atomic E-state index is 0. The van der Waals surface area contributed by atoms with Crippen molar-refractivity contribution in [3.8, 4) is 0 Å². The average molecular weight is 300 g/mol. The van der Waals surface area contributed by atoms with Gasteiger partial charge in [-0.25, -0.2) is 0 Å². The van der Waals surface area contributed by atoms with Gasteiger partial charge in [-0.1, -0.05) is 5.16 Å². The van der Waals surface area contributed by atoms with Crippen molar-refractivity contribution in [1.29, 1.82) is 0 Å². The summed E-state index contributed by atoms with van der Waals surface area (Å²) in [6, 6.07) is 0. The molecular formula is C9H21IN2O. The van der Waals surface area contributed by atoms with Crippen molar-refractivity contribution < 1.29 is 33.3 Å². The van der Waals surface area contributed by atoms with Gasteiger partial charge in [0.15, 0.2) is 0 Å². The zero-order valence-electron chi connectivity index (χ0n) is 9.30. The Bertz CT molecular complexity index is 152. The van der Waals surface area contributed by atoms with Crippen molar-refractivity contribution in [3.05, 3.63) is 0 Å². The zero-order chi connectivity index (χ0) is 9.61. The van der Waals surface area contributed by atoms with E-state index >= 15 is 0 Å². The molecule has 0 saturated heterocycles. The molecule has 0 aromatic heterocycles. The highest BCUT2D eigenvalue weighted by molar-refractivity contribution is 5.78. The Morgan fingerprint density at radius 2 is 1.69 bits per heavy atom. The van der Waals surface area contributed by atoms with Gasteiger partial charge in [-0.3, -0.25) is 4.48 Å². The number of hydrogen-bond donors (Lipinski definition) is 0. The van der Waals surface area contributed by atoms with E-state index < -0.39 is 0 Å². The topological polar surface area (TPSA) is 21.6 Å². The molecule has 4 heteroatoms. The third-order valence-electron chi connectivity index (χ3n) is 2.14. The third-order valence-corrected chi connectivity index (χ3v) is 2.14. The standard InChI is InChI=1S/C9H21N2O.HI/c1-6-11(5,7-2)8-12-10-9(3)4;/h6-8H2,1-5H3;1H/q+1;/p-1. The summed E-state index contributed by atoms with van der Waals surface area (Å²) in [7, 11) is 2.17. The molecule has 0 radical (unpaired) electrons. The summed E-state index contributed by atoms with van der Waals surface area (Å²) in [5, 5.41) is 3.91. The Hall–Kier alpha value is 0.160. The number of nitrogens with zero attached hydrogens (tertiary/aromatic N) is 2. The van der Waals surface area contributed by atoms with Gasteiger partial charge in [-0.15, -0.1) is 0 Å². The van der Waals surface area contributed by atoms with E-state index in [-0.39, 0.29) is 24.0 Å². The van der Waals surface area contributed by atoms with Crippen LogP contribution in [0.1, 0.15) is 27.7 Å². The van der Waals surface area contributed by atoms with E-state index in [0.29, 0.717) is 6.73 Å². The van der Waals surface area contributed by atoms with Gasteiger partial charge in [0.2, 0.25) is 6.73 Å². The van der Waals surface area contributed by atoms with Crippen LogP contribution in [-0.4, -0.2) is 37.1 Å². The van der Waals surface area contributed by atoms with Crippen LogP contribution < -0.4 is 24.0 Å². The maximum absolute atomic E-state index is 5.20. The second-order valence-corrected chi connectivity index (χ2v) is 3.55. The fourth-order valence-electron chi connectivity index (χ4n) is 0.704. The summed E-state index contributed by atoms with van der Waals surface area (Å²) < 4.78 is 0.913. The molecule has 0 spiro atoms. The second-order valence-electron chi connectivity index (χ2n) is 3.55. The first kappa shape index (κ1) is 15.6. The van der Waals surface area contributed by atoms with Crippen LogP contribution in [0.2, 0.25) is 0 Å². The maximum Gasteiger partial charge on any atom is 0.248 e. The summed E-state index contributed by atoms with van der Waals surface area (Å²) in [5.74, 6) is 0. The molecular weight excluding hydrogens is 279 g/mol. The smallest absolute Gasteiger partial charge is 0.248 e. The fraction of sp³-hybridized carbons (Fsp3) is 0.889. The molecule has 0 N–H and O–H groups in total. The molecule has 3 nitrogen and oxygen atoms in total. The molecule has 0 aliphatic heterocycles.